The zero-order chi connectivity index (χ0) is 97.4. The normalized spacial score (nSPS) is 9.83. The molecule has 59 heteroatoms. The standard InChI is InChI=1S/C10H12N4O3S.C9H8ClN3O.C9H10N4O3S.2C9H9N3O3S.C9H9N3O2S.C9H9N3O.7CO2/c1-14(2)18(15,16)9-5-3-8(4-6-9)17-10-7-11-13-12-10;1-6-2-3-7(4-8(6)10)14-9-5-11-13-12-9;1-10-17(14,15)8-4-2-7(3-5-8)16-9-6-11-13-12-9;2*1-16(13,14)8-4-2-7(3-5-8)15-9-6-10-12-11-9;1-15(13)8-4-2-7(3-5-8)14-9-6-10-12-11-9;1-7-2-4-8(5-3-7)13-9-6-10-12-11-9;7*2-1-3/h3-7H,1-2H3,(H,11,12,13);2-5H,1H3,(H,11,12,13);2-6,10H,1H3,(H,11,12,13);2*2-6H,1H3,(H,10,11,12);2-6H,1H3,(H,10,11,12);2-6H,1H3,(H,10,11,12);;;;;;;. The molecule has 8 N–H and O–H groups in total. The van der Waals surface area contributed by atoms with E-state index in [0.717, 1.165) is 33.0 Å². The number of hydrogen-bond donors (Lipinski definition) is 8. The third-order valence-electron chi connectivity index (χ3n) is 13.1. The van der Waals surface area contributed by atoms with Gasteiger partial charge >= 0.3 is 43.1 Å². The second kappa shape index (κ2) is 62.1. The summed E-state index contributed by atoms with van der Waals surface area (Å²) in [5, 5.41) is 69.0. The third kappa shape index (κ3) is 46.4. The molecule has 0 aliphatic heterocycles. The van der Waals surface area contributed by atoms with Crippen molar-refractivity contribution in [1.82, 2.24) is 117 Å². The van der Waals surface area contributed by atoms with E-state index in [2.05, 4.69) is 113 Å². The first-order valence-electron chi connectivity index (χ1n) is 33.6. The number of sulfone groups is 2. The molecule has 14 aromatic rings. The van der Waals surface area contributed by atoms with E-state index < -0.39 is 50.5 Å². The summed E-state index contributed by atoms with van der Waals surface area (Å²) >= 11 is 5.93. The van der Waals surface area contributed by atoms with Crippen LogP contribution in [-0.2, 0) is 118 Å². The van der Waals surface area contributed by atoms with Crippen LogP contribution in [-0.4, -0.2) is 233 Å². The van der Waals surface area contributed by atoms with Gasteiger partial charge in [0.1, 0.15) is 83.6 Å². The van der Waals surface area contributed by atoms with Gasteiger partial charge in [0.05, 0.1) is 19.6 Å². The number of carbonyl (C=O) groups excluding carboxylic acids is 14. The number of hydrogen-bond acceptors (Lipinski definition) is 44. The fourth-order valence-corrected chi connectivity index (χ4v) is 11.3. The number of halogens is 1. The Hall–Kier alpha value is -17.1. The Morgan fingerprint density at radius 1 is 0.331 bits per heavy atom. The average Bonchev–Trinajstić information content (AvgIpc) is 2.03. The van der Waals surface area contributed by atoms with E-state index in [1.54, 1.807) is 85.1 Å². The monoisotopic (exact) mass is 1920 g/mol. The summed E-state index contributed by atoms with van der Waals surface area (Å²) < 4.78 is 143. The van der Waals surface area contributed by atoms with Gasteiger partial charge in [-0.25, -0.2) is 42.7 Å². The molecule has 7 heterocycles. The maximum atomic E-state index is 11.8. The van der Waals surface area contributed by atoms with Crippen molar-refractivity contribution in [2.45, 2.75) is 38.3 Å². The average molecular weight is 1920 g/mol. The van der Waals surface area contributed by atoms with Crippen LogP contribution in [0.1, 0.15) is 11.1 Å². The lowest BCUT2D eigenvalue weighted by molar-refractivity contribution is -0.193. The Labute approximate surface area is 739 Å². The van der Waals surface area contributed by atoms with E-state index in [1.807, 2.05) is 50.2 Å². The van der Waals surface area contributed by atoms with E-state index >= 15 is 0 Å². The van der Waals surface area contributed by atoms with E-state index in [4.69, 9.17) is 112 Å². The van der Waals surface area contributed by atoms with Gasteiger partial charge < -0.3 is 33.2 Å². The molecular formula is C71H66ClN23O30S5. The molecule has 53 nitrogen and oxygen atoms in total. The van der Waals surface area contributed by atoms with Crippen LogP contribution in [0.4, 0.5) is 0 Å². The number of aromatic nitrogens is 21. The summed E-state index contributed by atoms with van der Waals surface area (Å²) in [6.45, 7) is 3.96. The molecule has 1 atom stereocenters. The number of aromatic amines is 7. The highest BCUT2D eigenvalue weighted by Gasteiger charge is 2.18. The van der Waals surface area contributed by atoms with Gasteiger partial charge in [-0.15, -0.1) is 35.7 Å². The van der Waals surface area contributed by atoms with Crippen molar-refractivity contribution in [1.29, 1.82) is 0 Å². The molecule has 130 heavy (non-hydrogen) atoms. The molecule has 0 aliphatic carbocycles. The molecule has 0 bridgehead atoms. The fourth-order valence-electron chi connectivity index (χ4n) is 7.67. The minimum absolute atomic E-state index is 0.174. The van der Waals surface area contributed by atoms with Gasteiger partial charge in [0.2, 0.25) is 20.0 Å². The van der Waals surface area contributed by atoms with Gasteiger partial charge in [0.15, 0.2) is 19.7 Å². The number of rotatable bonds is 21. The number of nitrogens with zero attached hydrogens (tertiary/aromatic N) is 15. The van der Waals surface area contributed by atoms with E-state index in [9.17, 15) is 37.9 Å². The lowest BCUT2D eigenvalue weighted by atomic mass is 10.2. The van der Waals surface area contributed by atoms with Crippen molar-refractivity contribution in [3.05, 3.63) is 223 Å². The lowest BCUT2D eigenvalue weighted by Crippen LogP contribution is -2.22. The topological polar surface area (TPSA) is 763 Å². The van der Waals surface area contributed by atoms with Gasteiger partial charge in [0.25, 0.3) is 41.2 Å². The number of benzene rings is 7. The summed E-state index contributed by atoms with van der Waals surface area (Å²) in [5.41, 5.74) is 2.21. The molecule has 1 unspecified atom stereocenters. The second-order valence-corrected chi connectivity index (χ2v) is 31.9. The summed E-state index contributed by atoms with van der Waals surface area (Å²) in [4.78, 5) is 115. The van der Waals surface area contributed by atoms with E-state index in [-0.39, 0.29) is 62.6 Å². The van der Waals surface area contributed by atoms with Crippen molar-refractivity contribution in [2.24, 2.45) is 0 Å². The maximum Gasteiger partial charge on any atom is 0.373 e. The van der Waals surface area contributed by atoms with E-state index in [0.29, 0.717) is 80.7 Å². The van der Waals surface area contributed by atoms with Crippen LogP contribution in [0.5, 0.6) is 81.4 Å². The number of sulfonamides is 2. The molecule has 0 fully saturated rings. The Balaban J connectivity index is 0.000000732. The predicted molar refractivity (Wildman–Crippen MR) is 425 cm³/mol. The SMILES string of the molecule is CN(C)S(=O)(=O)c1ccc(Oc2cn[nH]n2)cc1.CNS(=O)(=O)c1ccc(Oc2cn[nH]n2)cc1.CS(=O)(=O)c1ccc(Oc2cn[nH]n2)cc1.CS(=O)(=O)c1ccc(Oc2cn[nH]n2)cc1.CS(=O)c1ccc(Oc2cn[nH]n2)cc1.Cc1ccc(Oc2cn[nH]n2)cc1.Cc1ccc(Oc2cn[nH]n2)cc1Cl.O=C=O.O=C=O.O=C=O.O=C=O.O=C=O.O=C=O.O=C=O. The Morgan fingerprint density at radius 2 is 0.538 bits per heavy atom. The molecule has 14 rings (SSSR count). The maximum absolute atomic E-state index is 11.8. The van der Waals surface area contributed by atoms with Crippen LogP contribution in [0, 0.1) is 13.8 Å². The first-order chi connectivity index (χ1) is 62.0. The lowest BCUT2D eigenvalue weighted by Gasteiger charge is -2.11. The zero-order valence-electron chi connectivity index (χ0n) is 67.5. The first-order valence-corrected chi connectivity index (χ1v) is 42.3. The van der Waals surface area contributed by atoms with Crippen molar-refractivity contribution >= 4 is 105 Å². The van der Waals surface area contributed by atoms with Gasteiger partial charge in [-0.05, 0) is 172 Å². The predicted octanol–water partition coefficient (Wildman–Crippen LogP) is 5.07. The van der Waals surface area contributed by atoms with Gasteiger partial charge in [0, 0.05) is 53.6 Å². The molecular weight excluding hydrogens is 1850 g/mol. The summed E-state index contributed by atoms with van der Waals surface area (Å²) in [6.07, 6.45) is 15.9. The van der Waals surface area contributed by atoms with Crippen molar-refractivity contribution in [3.8, 4) is 81.4 Å². The van der Waals surface area contributed by atoms with Crippen LogP contribution in [0.3, 0.4) is 0 Å². The largest absolute Gasteiger partial charge is 0.436 e. The smallest absolute Gasteiger partial charge is 0.373 e. The van der Waals surface area contributed by atoms with Gasteiger partial charge in [-0.3, -0.25) is 4.21 Å². The van der Waals surface area contributed by atoms with Crippen LogP contribution >= 0.6 is 11.6 Å². The number of H-pyrrole nitrogens is 7. The highest BCUT2D eigenvalue weighted by atomic mass is 35.5. The highest BCUT2D eigenvalue weighted by Crippen LogP contribution is 2.28. The number of ether oxygens (including phenoxy) is 7. The third-order valence-corrected chi connectivity index (χ3v) is 20.0. The zero-order valence-corrected chi connectivity index (χ0v) is 72.3. The van der Waals surface area contributed by atoms with Crippen LogP contribution in [0.25, 0.3) is 0 Å². The number of aryl methyl sites for hydroxylation is 2. The minimum atomic E-state index is -3.42. The molecule has 0 saturated carbocycles. The molecule has 0 amide bonds. The van der Waals surface area contributed by atoms with Crippen molar-refractivity contribution < 1.29 is 138 Å². The highest BCUT2D eigenvalue weighted by molar-refractivity contribution is 7.91. The molecule has 0 radical (unpaired) electrons. The van der Waals surface area contributed by atoms with Crippen LogP contribution in [0.15, 0.2) is 232 Å². The molecule has 7 aromatic heterocycles. The second-order valence-electron chi connectivity index (χ2n) is 22.0. The van der Waals surface area contributed by atoms with E-state index in [1.165, 1.54) is 119 Å². The first kappa shape index (κ1) is 111. The molecule has 7 aromatic carbocycles. The Morgan fingerprint density at radius 3 is 0.738 bits per heavy atom. The number of nitrogens with one attached hydrogen (secondary N) is 8. The van der Waals surface area contributed by atoms with Crippen molar-refractivity contribution in [2.75, 3.05) is 39.9 Å². The Kier molecular flexibility index (Phi) is 53.0. The quantitative estimate of drug-likeness (QED) is 0.0465. The fraction of sp³-hybridized carbons (Fsp3) is 0.113. The van der Waals surface area contributed by atoms with Gasteiger partial charge in [-0.1, -0.05) is 35.4 Å². The van der Waals surface area contributed by atoms with Crippen LogP contribution < -0.4 is 37.9 Å². The minimum Gasteiger partial charge on any atom is -0.436 e. The summed E-state index contributed by atoms with van der Waals surface area (Å²) in [6, 6.07) is 44.4. The molecule has 0 aliphatic rings. The molecule has 0 spiro atoms. The molecule has 0 saturated heterocycles. The summed E-state index contributed by atoms with van der Waals surface area (Å²) in [7, 11) is -9.82. The molecule has 682 valence electrons. The van der Waals surface area contributed by atoms with Crippen LogP contribution in [0.2, 0.25) is 5.02 Å². The van der Waals surface area contributed by atoms with Gasteiger partial charge in [-0.2, -0.15) is 139 Å². The summed E-state index contributed by atoms with van der Waals surface area (Å²) in [5.74, 6) is 6.60. The van der Waals surface area contributed by atoms with Crippen molar-refractivity contribution in [3.63, 3.8) is 0 Å². The Bertz CT molecular complexity index is 6070.